The molecule has 538 valence electrons. The monoisotopic (exact) mass is 1480 g/mol. The molecule has 10 heteroatoms. The summed E-state index contributed by atoms with van der Waals surface area (Å²) in [6.07, 6.45) is 0. The highest BCUT2D eigenvalue weighted by molar-refractivity contribution is 6.26. The van der Waals surface area contributed by atoms with Gasteiger partial charge >= 0.3 is 0 Å². The van der Waals surface area contributed by atoms with Gasteiger partial charge in [0, 0.05) is 81.4 Å². The average molecular weight is 1480 g/mol. The summed E-state index contributed by atoms with van der Waals surface area (Å²) in [7, 11) is 0. The predicted octanol–water partition coefficient (Wildman–Crippen LogP) is 26.9. The lowest BCUT2D eigenvalue weighted by atomic mass is 9.94. The number of fused-ring (bicyclic) bond motifs is 28. The van der Waals surface area contributed by atoms with Crippen LogP contribution in [-0.4, -0.2) is 47.0 Å². The van der Waals surface area contributed by atoms with Gasteiger partial charge in [-0.25, -0.2) is 19.9 Å². The lowest BCUT2D eigenvalue weighted by Crippen LogP contribution is -2.06. The van der Waals surface area contributed by atoms with E-state index in [1.807, 2.05) is 0 Å². The molecule has 0 unspecified atom stereocenters. The number of aromatic nitrogens is 10. The molecule has 0 aliphatic heterocycles. The van der Waals surface area contributed by atoms with Crippen molar-refractivity contribution in [1.82, 2.24) is 47.0 Å². The molecule has 0 bridgehead atoms. The molecule has 0 aliphatic carbocycles. The van der Waals surface area contributed by atoms with Crippen molar-refractivity contribution in [1.29, 1.82) is 0 Å². The molecule has 8 heterocycles. The Morgan fingerprint density at radius 2 is 0.517 bits per heavy atom. The van der Waals surface area contributed by atoms with E-state index < -0.39 is 0 Å². The van der Waals surface area contributed by atoms with E-state index in [0.29, 0.717) is 0 Å². The fourth-order valence-corrected chi connectivity index (χ4v) is 19.1. The second-order valence-electron chi connectivity index (χ2n) is 30.4. The van der Waals surface area contributed by atoms with E-state index in [1.54, 1.807) is 0 Å². The largest absolute Gasteiger partial charge is 0.309 e. The first-order valence-electron chi connectivity index (χ1n) is 39.5. The molecule has 26 aromatic rings. The molecule has 26 rings (SSSR count). The van der Waals surface area contributed by atoms with Gasteiger partial charge in [-0.3, -0.25) is 17.9 Å². The summed E-state index contributed by atoms with van der Waals surface area (Å²) in [5.41, 5.74) is 26.3. The zero-order chi connectivity index (χ0) is 75.8. The van der Waals surface area contributed by atoms with Gasteiger partial charge in [0.15, 0.2) is 0 Å². The van der Waals surface area contributed by atoms with Gasteiger partial charge in [0.25, 0.3) is 0 Å². The fraction of sp³-hybridized carbons (Fsp3) is 0. The highest BCUT2D eigenvalue weighted by atomic mass is 15.2. The maximum absolute atomic E-state index is 5.45. The molecule has 0 aliphatic rings. The van der Waals surface area contributed by atoms with Gasteiger partial charge in [0.2, 0.25) is 11.9 Å². The number of imidazole rings is 2. The van der Waals surface area contributed by atoms with Crippen molar-refractivity contribution >= 4 is 175 Å². The van der Waals surface area contributed by atoms with Crippen LogP contribution in [0.1, 0.15) is 0 Å². The van der Waals surface area contributed by atoms with E-state index in [4.69, 9.17) is 19.9 Å². The van der Waals surface area contributed by atoms with Crippen molar-refractivity contribution in [3.05, 3.63) is 388 Å². The van der Waals surface area contributed by atoms with Crippen LogP contribution in [0.15, 0.2) is 388 Å². The molecule has 0 spiro atoms. The second kappa shape index (κ2) is 24.9. The van der Waals surface area contributed by atoms with Crippen molar-refractivity contribution in [2.45, 2.75) is 0 Å². The van der Waals surface area contributed by atoms with Crippen LogP contribution >= 0.6 is 0 Å². The Morgan fingerprint density at radius 1 is 0.172 bits per heavy atom. The third-order valence-corrected chi connectivity index (χ3v) is 24.2. The molecular formula is C106H64N10. The standard InChI is InChI=1S/C54H33N5.C52H31N5/c1-2-14-34(15-3-1)35-26-29-37(30-27-35)57-48-23-11-7-17-39(48)44-32-36(28-31-50(44)57)43-33-45-40-18-8-12-24-49(40)58(52(45)41-19-5-4-16-38(41)43)54-56-46-21-9-6-20-42(46)53-55-47-22-10-13-25-51(47)59(53)54;1-2-15-34(16-3-1)55-47-29-27-33(30-42(47)39-28-26-32-14-4-5-17-35(32)49(39)55)41-31-43-37-19-9-12-24-46(37)56(50(43)38-20-7-6-18-36(38)41)52-54-44-22-10-8-21-40(44)51-53-45-23-11-13-25-48(45)57(51)52/h1-33H;1-31H. The van der Waals surface area contributed by atoms with Crippen molar-refractivity contribution in [3.8, 4) is 56.7 Å². The molecule has 8 aromatic heterocycles. The number of hydrogen-bond donors (Lipinski definition) is 0. The molecule has 0 fully saturated rings. The van der Waals surface area contributed by atoms with Crippen LogP contribution in [0.5, 0.6) is 0 Å². The summed E-state index contributed by atoms with van der Waals surface area (Å²) in [4.78, 5) is 21.3. The van der Waals surface area contributed by atoms with Crippen molar-refractivity contribution in [2.24, 2.45) is 0 Å². The highest BCUT2D eigenvalue weighted by Gasteiger charge is 2.27. The second-order valence-corrected chi connectivity index (χ2v) is 30.4. The Balaban J connectivity index is 0.000000130. The lowest BCUT2D eigenvalue weighted by molar-refractivity contribution is 0.981. The van der Waals surface area contributed by atoms with E-state index in [-0.39, 0.29) is 0 Å². The topological polar surface area (TPSA) is 80.1 Å². The van der Waals surface area contributed by atoms with Gasteiger partial charge < -0.3 is 9.13 Å². The normalized spacial score (nSPS) is 12.1. The van der Waals surface area contributed by atoms with Gasteiger partial charge in [-0.15, -0.1) is 0 Å². The van der Waals surface area contributed by atoms with Crippen LogP contribution in [0, 0.1) is 0 Å². The lowest BCUT2D eigenvalue weighted by Gasteiger charge is -2.15. The zero-order valence-electron chi connectivity index (χ0n) is 62.4. The van der Waals surface area contributed by atoms with E-state index in [0.717, 1.165) is 101 Å². The molecule has 0 saturated carbocycles. The molecule has 0 amide bonds. The molecule has 10 nitrogen and oxygen atoms in total. The summed E-state index contributed by atoms with van der Waals surface area (Å²) in [5, 5.41) is 18.9. The SMILES string of the molecule is c1ccc(-c2ccc(-n3c4ccccc4c4cc(-c5cc6c7ccccc7n(-c7nc8ccccc8c8nc9ccccc9n78)c6c6ccccc56)ccc43)cc2)cc1.c1ccc(-n2c3ccc(-c4cc5c6ccccc6n(-c6nc7ccccc7c7nc8ccccc8n67)c5c5ccccc45)cc3c3ccc4ccccc4c32)cc1. The molecule has 0 saturated heterocycles. The summed E-state index contributed by atoms with van der Waals surface area (Å²) < 4.78 is 14.0. The Morgan fingerprint density at radius 3 is 1.04 bits per heavy atom. The van der Waals surface area contributed by atoms with Gasteiger partial charge in [0.1, 0.15) is 11.3 Å². The smallest absolute Gasteiger partial charge is 0.221 e. The van der Waals surface area contributed by atoms with Crippen LogP contribution in [0.2, 0.25) is 0 Å². The number of benzene rings is 18. The van der Waals surface area contributed by atoms with Gasteiger partial charge in [-0.1, -0.05) is 261 Å². The maximum atomic E-state index is 5.45. The molecule has 0 N–H and O–H groups in total. The van der Waals surface area contributed by atoms with Crippen molar-refractivity contribution in [2.75, 3.05) is 0 Å². The Kier molecular flexibility index (Phi) is 13.7. The first-order chi connectivity index (χ1) is 57.6. The molecule has 116 heavy (non-hydrogen) atoms. The van der Waals surface area contributed by atoms with Crippen LogP contribution < -0.4 is 0 Å². The van der Waals surface area contributed by atoms with E-state index in [1.165, 1.54) is 131 Å². The first-order valence-corrected chi connectivity index (χ1v) is 39.5. The van der Waals surface area contributed by atoms with Crippen LogP contribution in [0.25, 0.3) is 231 Å². The maximum Gasteiger partial charge on any atom is 0.221 e. The predicted molar refractivity (Wildman–Crippen MR) is 482 cm³/mol. The minimum Gasteiger partial charge on any atom is -0.309 e. The zero-order valence-corrected chi connectivity index (χ0v) is 62.4. The highest BCUT2D eigenvalue weighted by Crippen LogP contribution is 2.48. The van der Waals surface area contributed by atoms with E-state index in [9.17, 15) is 0 Å². The fourth-order valence-electron chi connectivity index (χ4n) is 19.1. The molecular weight excluding hydrogens is 1410 g/mol. The minimum absolute atomic E-state index is 0.822. The third-order valence-electron chi connectivity index (χ3n) is 24.2. The quantitative estimate of drug-likeness (QED) is 0.159. The van der Waals surface area contributed by atoms with Crippen LogP contribution in [-0.2, 0) is 0 Å². The van der Waals surface area contributed by atoms with Crippen LogP contribution in [0.3, 0.4) is 0 Å². The molecule has 18 aromatic carbocycles. The van der Waals surface area contributed by atoms with E-state index in [2.05, 4.69) is 415 Å². The van der Waals surface area contributed by atoms with Crippen molar-refractivity contribution in [3.63, 3.8) is 0 Å². The Labute approximate surface area is 662 Å². The van der Waals surface area contributed by atoms with Gasteiger partial charge in [-0.2, -0.15) is 0 Å². The number of rotatable bonds is 7. The Bertz CT molecular complexity index is 8650. The minimum atomic E-state index is 0.822. The van der Waals surface area contributed by atoms with Gasteiger partial charge in [0.05, 0.1) is 77.2 Å². The van der Waals surface area contributed by atoms with Crippen molar-refractivity contribution < 1.29 is 0 Å². The average Bonchev–Trinajstić information content (AvgIpc) is 1.55. The summed E-state index contributed by atoms with van der Waals surface area (Å²) in [5.74, 6) is 1.64. The summed E-state index contributed by atoms with van der Waals surface area (Å²) >= 11 is 0. The molecule has 0 radical (unpaired) electrons. The Hall–Kier alpha value is -15.8. The first kappa shape index (κ1) is 63.9. The van der Waals surface area contributed by atoms with E-state index >= 15 is 0 Å². The summed E-state index contributed by atoms with van der Waals surface area (Å²) in [6.45, 7) is 0. The van der Waals surface area contributed by atoms with Gasteiger partial charge in [-0.05, 0) is 177 Å². The summed E-state index contributed by atoms with van der Waals surface area (Å²) in [6, 6.07) is 140. The third kappa shape index (κ3) is 9.34. The number of nitrogens with zero attached hydrogens (tertiary/aromatic N) is 10. The van der Waals surface area contributed by atoms with Crippen LogP contribution in [0.4, 0.5) is 0 Å². The number of hydrogen-bond acceptors (Lipinski definition) is 4. The number of para-hydroxylation sites is 10. The molecule has 0 atom stereocenters.